The maximum absolute atomic E-state index is 12.8. The van der Waals surface area contributed by atoms with E-state index in [0.717, 1.165) is 38.5 Å². The fraction of sp³-hybridized carbons (Fsp3) is 1.00. The van der Waals surface area contributed by atoms with Crippen molar-refractivity contribution in [3.05, 3.63) is 0 Å². The first-order valence-electron chi connectivity index (χ1n) is 8.01. The molecule has 0 bridgehead atoms. The molecule has 0 aromatic heterocycles. The van der Waals surface area contributed by atoms with Gasteiger partial charge in [-0.1, -0.05) is 6.42 Å². The zero-order valence-electron chi connectivity index (χ0n) is 12.4. The standard InChI is InChI=1S/C14H27N3O2S/c1-11-4-2-3-7-17(11)20(18,19)16-9-12-5-6-14(15)8-13(12)10-16/h11-14H,2-10,15H2,1H3/t11?,12-,13+,14?/m1/s1. The highest BCUT2D eigenvalue weighted by Gasteiger charge is 2.44. The number of hydrogen-bond acceptors (Lipinski definition) is 3. The molecule has 0 amide bonds. The summed E-state index contributed by atoms with van der Waals surface area (Å²) in [6.07, 6.45) is 6.27. The molecule has 2 heterocycles. The van der Waals surface area contributed by atoms with Crippen LogP contribution in [0.1, 0.15) is 45.4 Å². The number of hydrogen-bond donors (Lipinski definition) is 1. The molecule has 0 aromatic carbocycles. The number of nitrogens with two attached hydrogens (primary N) is 1. The Balaban J connectivity index is 1.72. The van der Waals surface area contributed by atoms with Crippen LogP contribution in [0.3, 0.4) is 0 Å². The molecule has 4 atom stereocenters. The van der Waals surface area contributed by atoms with Gasteiger partial charge in [0.05, 0.1) is 0 Å². The molecule has 2 N–H and O–H groups in total. The lowest BCUT2D eigenvalue weighted by atomic mass is 9.79. The van der Waals surface area contributed by atoms with Gasteiger partial charge in [-0.3, -0.25) is 0 Å². The van der Waals surface area contributed by atoms with Gasteiger partial charge in [-0.05, 0) is 50.9 Å². The van der Waals surface area contributed by atoms with E-state index in [1.807, 2.05) is 6.92 Å². The van der Waals surface area contributed by atoms with Crippen LogP contribution in [0.15, 0.2) is 0 Å². The zero-order valence-corrected chi connectivity index (χ0v) is 13.2. The zero-order chi connectivity index (χ0) is 14.3. The second-order valence-electron chi connectivity index (χ2n) is 6.87. The molecule has 2 unspecified atom stereocenters. The van der Waals surface area contributed by atoms with E-state index in [0.29, 0.717) is 31.5 Å². The molecule has 1 aliphatic carbocycles. The van der Waals surface area contributed by atoms with Crippen LogP contribution in [0.2, 0.25) is 0 Å². The van der Waals surface area contributed by atoms with E-state index in [9.17, 15) is 8.42 Å². The molecule has 3 fully saturated rings. The SMILES string of the molecule is CC1CCCCN1S(=O)(=O)N1C[C@H]2CCC(N)C[C@H]2C1. The summed E-state index contributed by atoms with van der Waals surface area (Å²) in [6, 6.07) is 0.423. The molecular weight excluding hydrogens is 274 g/mol. The molecule has 6 heteroatoms. The highest BCUT2D eigenvalue weighted by molar-refractivity contribution is 7.86. The molecule has 116 valence electrons. The first-order chi connectivity index (χ1) is 9.48. The van der Waals surface area contributed by atoms with Crippen molar-refractivity contribution in [3.8, 4) is 0 Å². The van der Waals surface area contributed by atoms with Crippen LogP contribution < -0.4 is 5.73 Å². The highest BCUT2D eigenvalue weighted by atomic mass is 32.2. The molecule has 20 heavy (non-hydrogen) atoms. The molecular formula is C14H27N3O2S. The summed E-state index contributed by atoms with van der Waals surface area (Å²) in [5.41, 5.74) is 6.03. The minimum Gasteiger partial charge on any atom is -0.328 e. The van der Waals surface area contributed by atoms with E-state index in [-0.39, 0.29) is 12.1 Å². The van der Waals surface area contributed by atoms with Crippen LogP contribution in [0.25, 0.3) is 0 Å². The van der Waals surface area contributed by atoms with E-state index in [2.05, 4.69) is 0 Å². The number of nitrogens with zero attached hydrogens (tertiary/aromatic N) is 2. The largest absolute Gasteiger partial charge is 0.328 e. The van der Waals surface area contributed by atoms with Gasteiger partial charge in [0, 0.05) is 31.7 Å². The average molecular weight is 301 g/mol. The van der Waals surface area contributed by atoms with Crippen LogP contribution >= 0.6 is 0 Å². The third-order valence-corrected chi connectivity index (χ3v) is 7.51. The van der Waals surface area contributed by atoms with Crippen molar-refractivity contribution in [2.45, 2.75) is 57.5 Å². The first-order valence-corrected chi connectivity index (χ1v) is 9.40. The van der Waals surface area contributed by atoms with E-state index in [4.69, 9.17) is 5.73 Å². The summed E-state index contributed by atoms with van der Waals surface area (Å²) in [4.78, 5) is 0. The van der Waals surface area contributed by atoms with Crippen LogP contribution in [-0.4, -0.2) is 48.7 Å². The summed E-state index contributed by atoms with van der Waals surface area (Å²) in [5, 5.41) is 0. The number of fused-ring (bicyclic) bond motifs is 1. The molecule has 3 aliphatic rings. The van der Waals surface area contributed by atoms with E-state index in [1.165, 1.54) is 0 Å². The average Bonchev–Trinajstić information content (AvgIpc) is 2.82. The monoisotopic (exact) mass is 301 g/mol. The summed E-state index contributed by atoms with van der Waals surface area (Å²) < 4.78 is 29.2. The van der Waals surface area contributed by atoms with Gasteiger partial charge in [-0.15, -0.1) is 0 Å². The summed E-state index contributed by atoms with van der Waals surface area (Å²) in [5.74, 6) is 1.01. The smallest absolute Gasteiger partial charge is 0.282 e. The molecule has 3 rings (SSSR count). The van der Waals surface area contributed by atoms with Crippen molar-refractivity contribution in [2.75, 3.05) is 19.6 Å². The quantitative estimate of drug-likeness (QED) is 0.832. The molecule has 2 aliphatic heterocycles. The Labute approximate surface area is 122 Å². The fourth-order valence-corrected chi connectivity index (χ4v) is 6.15. The summed E-state index contributed by atoms with van der Waals surface area (Å²) in [6.45, 7) is 4.12. The van der Waals surface area contributed by atoms with E-state index < -0.39 is 10.2 Å². The first kappa shape index (κ1) is 14.8. The lowest BCUT2D eigenvalue weighted by Gasteiger charge is -2.35. The van der Waals surface area contributed by atoms with Crippen LogP contribution in [0, 0.1) is 11.8 Å². The van der Waals surface area contributed by atoms with Crippen molar-refractivity contribution < 1.29 is 8.42 Å². The Morgan fingerprint density at radius 1 is 1.05 bits per heavy atom. The third kappa shape index (κ3) is 2.63. The lowest BCUT2D eigenvalue weighted by molar-refractivity contribution is 0.249. The minimum atomic E-state index is -3.26. The molecule has 2 saturated heterocycles. The fourth-order valence-electron chi connectivity index (χ4n) is 4.18. The molecule has 0 aromatic rings. The Kier molecular flexibility index (Phi) is 4.10. The minimum absolute atomic E-state index is 0.152. The highest BCUT2D eigenvalue weighted by Crippen LogP contribution is 2.38. The van der Waals surface area contributed by atoms with Crippen LogP contribution in [0.4, 0.5) is 0 Å². The topological polar surface area (TPSA) is 66.6 Å². The Hall–Kier alpha value is -0.170. The van der Waals surface area contributed by atoms with Gasteiger partial charge in [0.15, 0.2) is 0 Å². The number of piperidine rings is 1. The van der Waals surface area contributed by atoms with E-state index in [1.54, 1.807) is 8.61 Å². The van der Waals surface area contributed by atoms with Gasteiger partial charge in [-0.25, -0.2) is 0 Å². The molecule has 5 nitrogen and oxygen atoms in total. The lowest BCUT2D eigenvalue weighted by Crippen LogP contribution is -2.49. The molecule has 1 saturated carbocycles. The summed E-state index contributed by atoms with van der Waals surface area (Å²) in [7, 11) is -3.26. The third-order valence-electron chi connectivity index (χ3n) is 5.42. The van der Waals surface area contributed by atoms with Gasteiger partial charge < -0.3 is 5.73 Å². The van der Waals surface area contributed by atoms with Crippen molar-refractivity contribution in [3.63, 3.8) is 0 Å². The maximum Gasteiger partial charge on any atom is 0.282 e. The van der Waals surface area contributed by atoms with Crippen molar-refractivity contribution in [2.24, 2.45) is 17.6 Å². The van der Waals surface area contributed by atoms with Crippen molar-refractivity contribution in [1.29, 1.82) is 0 Å². The predicted molar refractivity (Wildman–Crippen MR) is 79.3 cm³/mol. The van der Waals surface area contributed by atoms with Crippen molar-refractivity contribution in [1.82, 2.24) is 8.61 Å². The summed E-state index contributed by atoms with van der Waals surface area (Å²) >= 11 is 0. The Bertz CT molecular complexity index is 453. The Morgan fingerprint density at radius 2 is 1.80 bits per heavy atom. The Morgan fingerprint density at radius 3 is 2.55 bits per heavy atom. The van der Waals surface area contributed by atoms with Gasteiger partial charge in [0.2, 0.25) is 0 Å². The molecule has 0 radical (unpaired) electrons. The van der Waals surface area contributed by atoms with Gasteiger partial charge in [0.25, 0.3) is 10.2 Å². The van der Waals surface area contributed by atoms with Gasteiger partial charge >= 0.3 is 0 Å². The van der Waals surface area contributed by atoms with Gasteiger partial charge in [-0.2, -0.15) is 17.0 Å². The number of rotatable bonds is 2. The molecule has 0 spiro atoms. The normalized spacial score (nSPS) is 40.7. The predicted octanol–water partition coefficient (Wildman–Crippen LogP) is 1.16. The van der Waals surface area contributed by atoms with Crippen LogP contribution in [-0.2, 0) is 10.2 Å². The van der Waals surface area contributed by atoms with Gasteiger partial charge in [0.1, 0.15) is 0 Å². The second kappa shape index (κ2) is 5.55. The van der Waals surface area contributed by atoms with E-state index >= 15 is 0 Å². The van der Waals surface area contributed by atoms with Crippen LogP contribution in [0.5, 0.6) is 0 Å². The second-order valence-corrected chi connectivity index (χ2v) is 8.75. The maximum atomic E-state index is 12.8. The van der Waals surface area contributed by atoms with Crippen molar-refractivity contribution >= 4 is 10.2 Å².